The van der Waals surface area contributed by atoms with Gasteiger partial charge in [-0.1, -0.05) is 0 Å². The maximum atomic E-state index is 9.85. The first-order chi connectivity index (χ1) is 4.86. The van der Waals surface area contributed by atoms with Crippen molar-refractivity contribution in [3.8, 4) is 0 Å². The fourth-order valence-corrected chi connectivity index (χ4v) is 0.574. The average molecular weight is 402 g/mol. The molecule has 0 fully saturated rings. The maximum absolute atomic E-state index is 9.85. The molecule has 0 aromatic carbocycles. The van der Waals surface area contributed by atoms with Crippen LogP contribution in [0.25, 0.3) is 0 Å². The second kappa shape index (κ2) is 10.1. The van der Waals surface area contributed by atoms with Gasteiger partial charge in [0.1, 0.15) is 0 Å². The van der Waals surface area contributed by atoms with Crippen LogP contribution in [0, 0.1) is 10.4 Å². The predicted molar refractivity (Wildman–Crippen MR) is 39.9 cm³/mol. The second-order valence-corrected chi connectivity index (χ2v) is 1.70. The minimum atomic E-state index is 0. The third-order valence-corrected chi connectivity index (χ3v) is 1.06. The normalized spacial score (nSPS) is 13.0. The van der Waals surface area contributed by atoms with Crippen molar-refractivity contribution < 1.29 is 138 Å². The Hall–Kier alpha value is 2.52. The van der Waals surface area contributed by atoms with E-state index in [9.17, 15) is 10.4 Å². The molecule has 1 rings (SSSR count). The zero-order valence-corrected chi connectivity index (χ0v) is 19.6. The fraction of sp³-hybridized carbons (Fsp3) is 0. The van der Waals surface area contributed by atoms with Crippen LogP contribution in [0.2, 0.25) is 0 Å². The second-order valence-electron chi connectivity index (χ2n) is 1.70. The van der Waals surface area contributed by atoms with Gasteiger partial charge < -0.3 is 20.7 Å². The third kappa shape index (κ3) is 6.09. The summed E-state index contributed by atoms with van der Waals surface area (Å²) in [7, 11) is 0. The summed E-state index contributed by atoms with van der Waals surface area (Å²) in [5.74, 6) is 0. The Morgan fingerprint density at radius 1 is 0.750 bits per heavy atom. The van der Waals surface area contributed by atoms with Crippen molar-refractivity contribution in [1.82, 2.24) is 0 Å². The predicted octanol–water partition coefficient (Wildman–Crippen LogP) is -5.00. The van der Waals surface area contributed by atoms with Crippen molar-refractivity contribution in [2.75, 3.05) is 0 Å². The van der Waals surface area contributed by atoms with E-state index < -0.39 is 0 Å². The number of allylic oxidation sites excluding steroid dienone is 4. The van der Waals surface area contributed by atoms with Crippen molar-refractivity contribution in [2.45, 2.75) is 0 Å². The molecule has 0 saturated carbocycles. The van der Waals surface area contributed by atoms with Crippen molar-refractivity contribution in [3.63, 3.8) is 0 Å². The molecule has 1 aliphatic carbocycles. The van der Waals surface area contributed by atoms with Crippen LogP contribution in [0.1, 0.15) is 0 Å². The van der Waals surface area contributed by atoms with Gasteiger partial charge in [-0.15, -0.1) is 0 Å². The molecule has 6 heteroatoms. The van der Waals surface area contributed by atoms with Crippen LogP contribution in [0.4, 0.5) is 0 Å². The van der Waals surface area contributed by atoms with E-state index in [0.29, 0.717) is 11.4 Å². The minimum absolute atomic E-state index is 0. The molecule has 0 N–H and O–H groups in total. The molecule has 0 aromatic rings. The van der Waals surface area contributed by atoms with Crippen LogP contribution in [0.3, 0.4) is 0 Å². The Morgan fingerprint density at radius 2 is 1.00 bits per heavy atom. The van der Waals surface area contributed by atoms with E-state index in [0.717, 1.165) is 0 Å². The zero-order valence-electron chi connectivity index (χ0n) is 7.02. The van der Waals surface area contributed by atoms with Crippen LogP contribution in [0.5, 0.6) is 0 Å². The number of nitrogens with zero attached hydrogens (tertiary/aromatic N) is 2. The van der Waals surface area contributed by atoms with Gasteiger partial charge in [-0.3, -0.25) is 0 Å². The van der Waals surface area contributed by atoms with Crippen LogP contribution < -0.4 is 138 Å². The molecule has 0 atom stereocenters. The molecule has 0 saturated heterocycles. The quantitative estimate of drug-likeness (QED) is 0.301. The van der Waals surface area contributed by atoms with E-state index in [4.69, 9.17) is 0 Å². The van der Waals surface area contributed by atoms with E-state index in [2.05, 4.69) is 10.3 Å². The number of rotatable bonds is 0. The molecule has 0 radical (unpaired) electrons. The van der Waals surface area contributed by atoms with E-state index in [1.165, 1.54) is 24.3 Å². The molecule has 0 amide bonds. The molecule has 0 unspecified atom stereocenters. The molecule has 12 heavy (non-hydrogen) atoms. The first-order valence-corrected chi connectivity index (χ1v) is 2.63. The number of hydrogen-bond acceptors (Lipinski definition) is 4. The molecule has 1 aliphatic rings. The molecule has 52 valence electrons. The van der Waals surface area contributed by atoms with Gasteiger partial charge in [-0.2, -0.15) is 0 Å². The minimum Gasteiger partial charge on any atom is -0.792 e. The molecule has 4 nitrogen and oxygen atoms in total. The average Bonchev–Trinajstić information content (AvgIpc) is 2.05. The van der Waals surface area contributed by atoms with Gasteiger partial charge in [-0.25, -0.2) is 0 Å². The Balaban J connectivity index is 0. The summed E-state index contributed by atoms with van der Waals surface area (Å²) in [4.78, 5) is 0. The van der Waals surface area contributed by atoms with Gasteiger partial charge in [-0.05, 0) is 24.3 Å². The topological polar surface area (TPSA) is 70.8 Å². The molecular formula is C6H4Cs2N2O2. The van der Waals surface area contributed by atoms with Gasteiger partial charge in [0.15, 0.2) is 0 Å². The summed E-state index contributed by atoms with van der Waals surface area (Å²) in [6.45, 7) is 0. The largest absolute Gasteiger partial charge is 1.00 e. The van der Waals surface area contributed by atoms with E-state index >= 15 is 0 Å². The standard InChI is InChI=1S/C6H6N2O2.2Cs/c9-7-5-1-2-6(8-10)4-3-5;;/h1-4,9-10H;;/q;2*+1/p-2. The van der Waals surface area contributed by atoms with Gasteiger partial charge in [0.05, 0.1) is 11.4 Å². The van der Waals surface area contributed by atoms with Gasteiger partial charge in [0.2, 0.25) is 0 Å². The van der Waals surface area contributed by atoms with Gasteiger partial charge in [0.25, 0.3) is 0 Å². The summed E-state index contributed by atoms with van der Waals surface area (Å²) in [5, 5.41) is 25.0. The van der Waals surface area contributed by atoms with Crippen molar-refractivity contribution in [1.29, 1.82) is 0 Å². The van der Waals surface area contributed by atoms with E-state index in [1.807, 2.05) is 0 Å². The van der Waals surface area contributed by atoms with Gasteiger partial charge >= 0.3 is 138 Å². The number of hydrogen-bond donors (Lipinski definition) is 0. The Morgan fingerprint density at radius 3 is 1.17 bits per heavy atom. The van der Waals surface area contributed by atoms with Crippen molar-refractivity contribution in [3.05, 3.63) is 34.7 Å². The first-order valence-electron chi connectivity index (χ1n) is 2.63. The third-order valence-electron chi connectivity index (χ3n) is 1.06. The Bertz CT molecular complexity index is 204. The van der Waals surface area contributed by atoms with E-state index in [1.54, 1.807) is 0 Å². The molecule has 0 bridgehead atoms. The van der Waals surface area contributed by atoms with Crippen LogP contribution >= 0.6 is 0 Å². The Kier molecular flexibility index (Phi) is 14.2. The Labute approximate surface area is 188 Å². The van der Waals surface area contributed by atoms with Crippen molar-refractivity contribution in [2.24, 2.45) is 10.3 Å². The van der Waals surface area contributed by atoms with Crippen LogP contribution in [-0.4, -0.2) is 11.4 Å². The summed E-state index contributed by atoms with van der Waals surface area (Å²) in [6, 6.07) is 0. The SMILES string of the molecule is [Cs+].[Cs+].[O-]N=C1C=CC(=N[O-])C=C1. The molecular weight excluding hydrogens is 398 g/mol. The molecule has 0 spiro atoms. The first kappa shape index (κ1) is 16.9. The van der Waals surface area contributed by atoms with Crippen LogP contribution in [0.15, 0.2) is 34.6 Å². The molecule has 0 aliphatic heterocycles. The zero-order chi connectivity index (χ0) is 7.40. The van der Waals surface area contributed by atoms with E-state index in [-0.39, 0.29) is 138 Å². The smallest absolute Gasteiger partial charge is 0.792 e. The monoisotopic (exact) mass is 402 g/mol. The van der Waals surface area contributed by atoms with Crippen LogP contribution in [-0.2, 0) is 0 Å². The summed E-state index contributed by atoms with van der Waals surface area (Å²) < 4.78 is 0. The molecule has 0 aromatic heterocycles. The van der Waals surface area contributed by atoms with Crippen molar-refractivity contribution >= 4 is 11.4 Å². The summed E-state index contributed by atoms with van der Waals surface area (Å²) in [5.41, 5.74) is 0.597. The fourth-order valence-electron chi connectivity index (χ4n) is 0.574. The summed E-state index contributed by atoms with van der Waals surface area (Å²) >= 11 is 0. The van der Waals surface area contributed by atoms with Gasteiger partial charge in [0, 0.05) is 0 Å². The maximum Gasteiger partial charge on any atom is 1.00 e. The summed E-state index contributed by atoms with van der Waals surface area (Å²) in [6.07, 6.45) is 5.74. The molecule has 0 heterocycles.